The molecule has 0 saturated carbocycles. The number of carbonyl (C=O) groups excluding carboxylic acids is 1. The molecule has 0 unspecified atom stereocenters. The molecule has 3 rings (SSSR count). The molecule has 0 aliphatic heterocycles. The van der Waals surface area contributed by atoms with Crippen molar-refractivity contribution in [3.8, 4) is 17.2 Å². The number of fused-ring (bicyclic) bond motifs is 1. The number of aryl methyl sites for hydroxylation is 1. The van der Waals surface area contributed by atoms with Crippen molar-refractivity contribution in [2.75, 3.05) is 0 Å². The van der Waals surface area contributed by atoms with E-state index < -0.39 is 5.82 Å². The monoisotopic (exact) mass is 308 g/mol. The summed E-state index contributed by atoms with van der Waals surface area (Å²) in [6.45, 7) is 0. The third-order valence-electron chi connectivity index (χ3n) is 3.56. The largest absolute Gasteiger partial charge is 0.370 e. The summed E-state index contributed by atoms with van der Waals surface area (Å²) in [4.78, 5) is 18.4. The fourth-order valence-electron chi connectivity index (χ4n) is 2.39. The Morgan fingerprint density at radius 1 is 1.26 bits per heavy atom. The molecule has 0 atom stereocenters. The number of primary amides is 1. The predicted octanol–water partition coefficient (Wildman–Crippen LogP) is 2.66. The van der Waals surface area contributed by atoms with Gasteiger partial charge < -0.3 is 10.7 Å². The number of halogens is 1. The molecule has 114 valence electrons. The highest BCUT2D eigenvalue weighted by atomic mass is 19.1. The van der Waals surface area contributed by atoms with E-state index >= 15 is 0 Å². The predicted molar refractivity (Wildman–Crippen MR) is 83.7 cm³/mol. The van der Waals surface area contributed by atoms with Gasteiger partial charge in [-0.05, 0) is 35.4 Å². The van der Waals surface area contributed by atoms with Crippen molar-refractivity contribution >= 4 is 16.9 Å². The Morgan fingerprint density at radius 3 is 2.70 bits per heavy atom. The highest BCUT2D eigenvalue weighted by molar-refractivity contribution is 5.82. The molecule has 0 aliphatic rings. The van der Waals surface area contributed by atoms with Gasteiger partial charge in [0.15, 0.2) is 0 Å². The number of benzene rings is 2. The molecule has 0 spiro atoms. The summed E-state index contributed by atoms with van der Waals surface area (Å²) in [6.07, 6.45) is 0.679. The van der Waals surface area contributed by atoms with Crippen LogP contribution in [0.3, 0.4) is 0 Å². The first kappa shape index (κ1) is 14.7. The molecule has 1 aromatic heterocycles. The molecule has 0 fully saturated rings. The average Bonchev–Trinajstić information content (AvgIpc) is 2.94. The summed E-state index contributed by atoms with van der Waals surface area (Å²) < 4.78 is 13.7. The zero-order chi connectivity index (χ0) is 16.4. The van der Waals surface area contributed by atoms with E-state index in [1.807, 2.05) is 18.2 Å². The Hall–Kier alpha value is -3.20. The quantitative estimate of drug-likeness (QED) is 0.775. The van der Waals surface area contributed by atoms with Crippen LogP contribution >= 0.6 is 0 Å². The molecule has 2 aromatic carbocycles. The van der Waals surface area contributed by atoms with Gasteiger partial charge in [-0.15, -0.1) is 0 Å². The van der Waals surface area contributed by atoms with Crippen LogP contribution in [-0.4, -0.2) is 15.9 Å². The van der Waals surface area contributed by atoms with E-state index in [-0.39, 0.29) is 17.9 Å². The lowest BCUT2D eigenvalue weighted by atomic mass is 10.0. The molecule has 1 heterocycles. The van der Waals surface area contributed by atoms with Crippen molar-refractivity contribution in [2.24, 2.45) is 5.73 Å². The minimum atomic E-state index is -0.545. The van der Waals surface area contributed by atoms with Crippen LogP contribution < -0.4 is 5.73 Å². The number of amides is 1. The van der Waals surface area contributed by atoms with Gasteiger partial charge in [0.05, 0.1) is 16.6 Å². The van der Waals surface area contributed by atoms with Crippen LogP contribution in [0.1, 0.15) is 17.8 Å². The first-order chi connectivity index (χ1) is 11.1. The average molecular weight is 308 g/mol. The van der Waals surface area contributed by atoms with Gasteiger partial charge >= 0.3 is 0 Å². The van der Waals surface area contributed by atoms with Crippen LogP contribution in [0.15, 0.2) is 36.4 Å². The second-order valence-electron chi connectivity index (χ2n) is 5.19. The minimum Gasteiger partial charge on any atom is -0.370 e. The third-order valence-corrected chi connectivity index (χ3v) is 3.56. The van der Waals surface area contributed by atoms with E-state index in [9.17, 15) is 9.18 Å². The summed E-state index contributed by atoms with van der Waals surface area (Å²) in [6, 6.07) is 11.8. The Balaban J connectivity index is 1.95. The maximum absolute atomic E-state index is 13.7. The molecule has 1 amide bonds. The SMILES string of the molecule is N#Cc1ccc(-c2ccc3nc(CCC(N)=O)[nH]c3c2)cc1F. The number of hydrogen-bond acceptors (Lipinski definition) is 3. The number of rotatable bonds is 4. The molecule has 6 heteroatoms. The van der Waals surface area contributed by atoms with Gasteiger partial charge in [0.1, 0.15) is 17.7 Å². The van der Waals surface area contributed by atoms with E-state index in [0.29, 0.717) is 17.8 Å². The fraction of sp³-hybridized carbons (Fsp3) is 0.118. The Bertz CT molecular complexity index is 939. The van der Waals surface area contributed by atoms with Gasteiger partial charge in [0, 0.05) is 12.8 Å². The Morgan fingerprint density at radius 2 is 2.00 bits per heavy atom. The van der Waals surface area contributed by atoms with E-state index in [2.05, 4.69) is 9.97 Å². The van der Waals surface area contributed by atoms with Crippen molar-refractivity contribution in [1.29, 1.82) is 5.26 Å². The van der Waals surface area contributed by atoms with Crippen molar-refractivity contribution < 1.29 is 9.18 Å². The number of nitrogens with two attached hydrogens (primary N) is 1. The first-order valence-corrected chi connectivity index (χ1v) is 7.04. The number of nitrogens with one attached hydrogen (secondary N) is 1. The smallest absolute Gasteiger partial charge is 0.217 e. The normalized spacial score (nSPS) is 10.6. The van der Waals surface area contributed by atoms with Crippen molar-refractivity contribution in [2.45, 2.75) is 12.8 Å². The topological polar surface area (TPSA) is 95.6 Å². The van der Waals surface area contributed by atoms with Crippen LogP contribution in [0.5, 0.6) is 0 Å². The second kappa shape index (κ2) is 5.89. The second-order valence-corrected chi connectivity index (χ2v) is 5.19. The van der Waals surface area contributed by atoms with Gasteiger partial charge in [-0.1, -0.05) is 12.1 Å². The molecule has 0 saturated heterocycles. The van der Waals surface area contributed by atoms with Gasteiger partial charge in [0.25, 0.3) is 0 Å². The Labute approximate surface area is 131 Å². The fourth-order valence-corrected chi connectivity index (χ4v) is 2.39. The maximum atomic E-state index is 13.7. The number of nitriles is 1. The van der Waals surface area contributed by atoms with Crippen LogP contribution in [0.2, 0.25) is 0 Å². The van der Waals surface area contributed by atoms with Crippen LogP contribution in [-0.2, 0) is 11.2 Å². The third kappa shape index (κ3) is 3.04. The lowest BCUT2D eigenvalue weighted by molar-refractivity contribution is -0.118. The highest BCUT2D eigenvalue weighted by Gasteiger charge is 2.08. The van der Waals surface area contributed by atoms with E-state index in [1.165, 1.54) is 12.1 Å². The number of aromatic amines is 1. The number of aromatic nitrogens is 2. The molecule has 23 heavy (non-hydrogen) atoms. The summed E-state index contributed by atoms with van der Waals surface area (Å²) >= 11 is 0. The molecular weight excluding hydrogens is 295 g/mol. The van der Waals surface area contributed by atoms with E-state index in [4.69, 9.17) is 11.0 Å². The van der Waals surface area contributed by atoms with Crippen LogP contribution in [0.4, 0.5) is 4.39 Å². The summed E-state index contributed by atoms with van der Waals surface area (Å²) in [5, 5.41) is 8.78. The number of hydrogen-bond donors (Lipinski definition) is 2. The van der Waals surface area contributed by atoms with Crippen molar-refractivity contribution in [1.82, 2.24) is 9.97 Å². The molecule has 0 radical (unpaired) electrons. The lowest BCUT2D eigenvalue weighted by Gasteiger charge is -2.02. The summed E-state index contributed by atoms with van der Waals surface area (Å²) in [7, 11) is 0. The highest BCUT2D eigenvalue weighted by Crippen LogP contribution is 2.25. The number of nitrogens with zero attached hydrogens (tertiary/aromatic N) is 2. The van der Waals surface area contributed by atoms with Crippen molar-refractivity contribution in [3.05, 3.63) is 53.6 Å². The summed E-state index contributed by atoms with van der Waals surface area (Å²) in [5.41, 5.74) is 8.20. The minimum absolute atomic E-state index is 0.0186. The number of imidazole rings is 1. The van der Waals surface area contributed by atoms with E-state index in [0.717, 1.165) is 16.6 Å². The zero-order valence-electron chi connectivity index (χ0n) is 12.1. The standard InChI is InChI=1S/C17H13FN4O/c18-13-7-10(1-2-12(13)9-19)11-3-4-14-15(8-11)22-17(21-14)6-5-16(20)23/h1-4,7-8H,5-6H2,(H2,20,23)(H,21,22). The van der Waals surface area contributed by atoms with Gasteiger partial charge in [-0.3, -0.25) is 4.79 Å². The molecule has 0 aliphatic carbocycles. The van der Waals surface area contributed by atoms with Crippen LogP contribution in [0.25, 0.3) is 22.2 Å². The summed E-state index contributed by atoms with van der Waals surface area (Å²) in [5.74, 6) is -0.238. The van der Waals surface area contributed by atoms with Gasteiger partial charge in [-0.2, -0.15) is 5.26 Å². The molecule has 0 bridgehead atoms. The molecular formula is C17H13FN4O. The van der Waals surface area contributed by atoms with Gasteiger partial charge in [-0.25, -0.2) is 9.37 Å². The molecule has 3 aromatic rings. The van der Waals surface area contributed by atoms with Gasteiger partial charge in [0.2, 0.25) is 5.91 Å². The Kier molecular flexibility index (Phi) is 3.77. The van der Waals surface area contributed by atoms with E-state index in [1.54, 1.807) is 12.1 Å². The first-order valence-electron chi connectivity index (χ1n) is 7.04. The van der Waals surface area contributed by atoms with Crippen molar-refractivity contribution in [3.63, 3.8) is 0 Å². The number of carbonyl (C=O) groups is 1. The maximum Gasteiger partial charge on any atom is 0.217 e. The molecule has 5 nitrogen and oxygen atoms in total. The van der Waals surface area contributed by atoms with Crippen LogP contribution in [0, 0.1) is 17.1 Å². The zero-order valence-corrected chi connectivity index (χ0v) is 12.1. The lowest BCUT2D eigenvalue weighted by Crippen LogP contribution is -2.11. The molecule has 3 N–H and O–H groups in total. The number of H-pyrrole nitrogens is 1.